The average Bonchev–Trinajstić information content (AvgIpc) is 3.26. The Morgan fingerprint density at radius 1 is 1.25 bits per heavy atom. The molecule has 4 nitrogen and oxygen atoms in total. The maximum absolute atomic E-state index is 12.8. The fourth-order valence-electron chi connectivity index (χ4n) is 2.40. The van der Waals surface area contributed by atoms with Gasteiger partial charge in [-0.1, -0.05) is 12.1 Å². The van der Waals surface area contributed by atoms with Crippen LogP contribution >= 0.6 is 0 Å². The van der Waals surface area contributed by atoms with Gasteiger partial charge in [-0.05, 0) is 36.6 Å². The second-order valence-corrected chi connectivity index (χ2v) is 5.79. The van der Waals surface area contributed by atoms with Crippen molar-refractivity contribution < 1.29 is 22.4 Å². The van der Waals surface area contributed by atoms with Gasteiger partial charge in [-0.3, -0.25) is 9.48 Å². The summed E-state index contributed by atoms with van der Waals surface area (Å²) < 4.78 is 52.3. The molecular weight excluding hydrogens is 326 g/mol. The summed E-state index contributed by atoms with van der Waals surface area (Å²) in [5.41, 5.74) is 0.165. The van der Waals surface area contributed by atoms with Gasteiger partial charge < -0.3 is 5.32 Å². The van der Waals surface area contributed by atoms with Gasteiger partial charge in [0, 0.05) is 18.2 Å². The minimum Gasteiger partial charge on any atom is -0.350 e. The standard InChI is InChI=1S/C16H15F4N3O/c17-12-5-1-10(2-6-12)8-21-15(24)9-23-13(11-3-4-11)7-14(22-23)16(18,19)20/h1-2,5-7,11H,3-4,8-9H2,(H,21,24). The van der Waals surface area contributed by atoms with Crippen molar-refractivity contribution >= 4 is 5.91 Å². The first-order valence-corrected chi connectivity index (χ1v) is 7.49. The highest BCUT2D eigenvalue weighted by molar-refractivity contribution is 5.75. The number of hydrogen-bond donors (Lipinski definition) is 1. The predicted molar refractivity (Wildman–Crippen MR) is 77.5 cm³/mol. The van der Waals surface area contributed by atoms with Gasteiger partial charge in [0.15, 0.2) is 5.69 Å². The van der Waals surface area contributed by atoms with Crippen molar-refractivity contribution in [2.75, 3.05) is 0 Å². The molecule has 3 rings (SSSR count). The van der Waals surface area contributed by atoms with E-state index >= 15 is 0 Å². The summed E-state index contributed by atoms with van der Waals surface area (Å²) in [6.07, 6.45) is -2.92. The fourth-order valence-corrected chi connectivity index (χ4v) is 2.40. The van der Waals surface area contributed by atoms with Crippen LogP contribution in [0.2, 0.25) is 0 Å². The van der Waals surface area contributed by atoms with E-state index in [1.54, 1.807) is 0 Å². The zero-order valence-electron chi connectivity index (χ0n) is 12.6. The highest BCUT2D eigenvalue weighted by Crippen LogP contribution is 2.42. The summed E-state index contributed by atoms with van der Waals surface area (Å²) in [7, 11) is 0. The van der Waals surface area contributed by atoms with E-state index in [9.17, 15) is 22.4 Å². The van der Waals surface area contributed by atoms with E-state index in [1.807, 2.05) is 0 Å². The Hall–Kier alpha value is -2.38. The van der Waals surface area contributed by atoms with E-state index in [2.05, 4.69) is 10.4 Å². The fraction of sp³-hybridized carbons (Fsp3) is 0.375. The van der Waals surface area contributed by atoms with Gasteiger partial charge in [-0.25, -0.2) is 4.39 Å². The number of halogens is 4. The number of carbonyl (C=O) groups excluding carboxylic acids is 1. The molecule has 1 heterocycles. The van der Waals surface area contributed by atoms with E-state index in [0.717, 1.165) is 23.6 Å². The Bertz CT molecular complexity index is 733. The maximum atomic E-state index is 12.8. The van der Waals surface area contributed by atoms with Crippen LogP contribution in [-0.2, 0) is 24.1 Å². The predicted octanol–water partition coefficient (Wildman–Crippen LogP) is 3.23. The molecule has 1 saturated carbocycles. The van der Waals surface area contributed by atoms with Crippen molar-refractivity contribution in [3.05, 3.63) is 53.1 Å². The number of nitrogens with zero attached hydrogens (tertiary/aromatic N) is 2. The Labute approximate surface area is 135 Å². The zero-order chi connectivity index (χ0) is 17.3. The molecule has 1 aliphatic carbocycles. The lowest BCUT2D eigenvalue weighted by Gasteiger charge is -2.08. The minimum absolute atomic E-state index is 0.0403. The first-order chi connectivity index (χ1) is 11.3. The molecule has 1 aromatic carbocycles. The largest absolute Gasteiger partial charge is 0.435 e. The number of carbonyl (C=O) groups is 1. The zero-order valence-corrected chi connectivity index (χ0v) is 12.6. The first kappa shape index (κ1) is 16.5. The van der Waals surface area contributed by atoms with Crippen LogP contribution in [0.5, 0.6) is 0 Å². The SMILES string of the molecule is O=C(Cn1nc(C(F)(F)F)cc1C1CC1)NCc1ccc(F)cc1. The van der Waals surface area contributed by atoms with Crippen LogP contribution in [0.25, 0.3) is 0 Å². The highest BCUT2D eigenvalue weighted by Gasteiger charge is 2.38. The van der Waals surface area contributed by atoms with Gasteiger partial charge in [0.1, 0.15) is 12.4 Å². The molecule has 1 amide bonds. The third-order valence-electron chi connectivity index (χ3n) is 3.79. The van der Waals surface area contributed by atoms with Gasteiger partial charge in [0.25, 0.3) is 0 Å². The van der Waals surface area contributed by atoms with E-state index in [-0.39, 0.29) is 24.8 Å². The molecule has 0 spiro atoms. The van der Waals surface area contributed by atoms with Gasteiger partial charge in [0.05, 0.1) is 0 Å². The van der Waals surface area contributed by atoms with Gasteiger partial charge in [-0.15, -0.1) is 0 Å². The topological polar surface area (TPSA) is 46.9 Å². The second-order valence-electron chi connectivity index (χ2n) is 5.79. The highest BCUT2D eigenvalue weighted by atomic mass is 19.4. The molecule has 1 aromatic heterocycles. The molecule has 1 fully saturated rings. The monoisotopic (exact) mass is 341 g/mol. The van der Waals surface area contributed by atoms with E-state index < -0.39 is 17.8 Å². The van der Waals surface area contributed by atoms with Gasteiger partial charge in [0.2, 0.25) is 5.91 Å². The van der Waals surface area contributed by atoms with Crippen LogP contribution in [0.15, 0.2) is 30.3 Å². The maximum Gasteiger partial charge on any atom is 0.435 e. The van der Waals surface area contributed by atoms with Crippen LogP contribution < -0.4 is 5.32 Å². The number of amides is 1. The van der Waals surface area contributed by atoms with Crippen molar-refractivity contribution in [1.29, 1.82) is 0 Å². The Balaban J connectivity index is 1.65. The second kappa shape index (κ2) is 6.26. The summed E-state index contributed by atoms with van der Waals surface area (Å²) in [6.45, 7) is -0.103. The van der Waals surface area contributed by atoms with Crippen LogP contribution in [0.3, 0.4) is 0 Å². The molecule has 1 aliphatic rings. The Morgan fingerprint density at radius 3 is 2.50 bits per heavy atom. The Morgan fingerprint density at radius 2 is 1.92 bits per heavy atom. The van der Waals surface area contributed by atoms with E-state index in [0.29, 0.717) is 11.3 Å². The molecule has 0 radical (unpaired) electrons. The van der Waals surface area contributed by atoms with Gasteiger partial charge in [-0.2, -0.15) is 18.3 Å². The lowest BCUT2D eigenvalue weighted by Crippen LogP contribution is -2.28. The quantitative estimate of drug-likeness (QED) is 0.849. The average molecular weight is 341 g/mol. The summed E-state index contributed by atoms with van der Waals surface area (Å²) in [5, 5.41) is 6.13. The van der Waals surface area contributed by atoms with Crippen LogP contribution in [0.1, 0.15) is 35.7 Å². The smallest absolute Gasteiger partial charge is 0.350 e. The molecule has 0 bridgehead atoms. The third kappa shape index (κ3) is 3.93. The number of nitrogens with one attached hydrogen (secondary N) is 1. The van der Waals surface area contributed by atoms with Crippen molar-refractivity contribution in [2.45, 2.75) is 38.0 Å². The first-order valence-electron chi connectivity index (χ1n) is 7.49. The molecule has 8 heteroatoms. The number of hydrogen-bond acceptors (Lipinski definition) is 2. The molecular formula is C16H15F4N3O. The lowest BCUT2D eigenvalue weighted by atomic mass is 10.2. The van der Waals surface area contributed by atoms with E-state index in [4.69, 9.17) is 0 Å². The lowest BCUT2D eigenvalue weighted by molar-refractivity contribution is -0.141. The number of benzene rings is 1. The summed E-state index contributed by atoms with van der Waals surface area (Å²) in [6, 6.07) is 6.62. The van der Waals surface area contributed by atoms with E-state index in [1.165, 1.54) is 24.3 Å². The van der Waals surface area contributed by atoms with Crippen molar-refractivity contribution in [3.8, 4) is 0 Å². The summed E-state index contributed by atoms with van der Waals surface area (Å²) in [5.74, 6) is -0.785. The van der Waals surface area contributed by atoms with Crippen molar-refractivity contribution in [1.82, 2.24) is 15.1 Å². The minimum atomic E-state index is -4.53. The van der Waals surface area contributed by atoms with Crippen molar-refractivity contribution in [2.24, 2.45) is 0 Å². The normalized spacial score (nSPS) is 14.7. The molecule has 24 heavy (non-hydrogen) atoms. The molecule has 0 aliphatic heterocycles. The van der Waals surface area contributed by atoms with Crippen LogP contribution in [0.4, 0.5) is 17.6 Å². The number of rotatable bonds is 5. The van der Waals surface area contributed by atoms with Crippen molar-refractivity contribution in [3.63, 3.8) is 0 Å². The van der Waals surface area contributed by atoms with Gasteiger partial charge >= 0.3 is 6.18 Å². The third-order valence-corrected chi connectivity index (χ3v) is 3.79. The summed E-state index contributed by atoms with van der Waals surface area (Å²) >= 11 is 0. The molecule has 2 aromatic rings. The molecule has 0 saturated heterocycles. The molecule has 1 N–H and O–H groups in total. The number of aromatic nitrogens is 2. The molecule has 0 atom stereocenters. The molecule has 0 unspecified atom stereocenters. The Kier molecular flexibility index (Phi) is 4.29. The van der Waals surface area contributed by atoms with Crippen LogP contribution in [0, 0.1) is 5.82 Å². The summed E-state index contributed by atoms with van der Waals surface area (Å²) in [4.78, 5) is 12.0. The molecule has 128 valence electrons. The number of alkyl halides is 3. The van der Waals surface area contributed by atoms with Crippen LogP contribution in [-0.4, -0.2) is 15.7 Å².